The smallest absolute Gasteiger partial charge is 0.00151 e. The number of rotatable bonds is 1. The molecule has 0 aromatic carbocycles. The summed E-state index contributed by atoms with van der Waals surface area (Å²) in [6.07, 6.45) is 5.66. The van der Waals surface area contributed by atoms with Gasteiger partial charge >= 0.3 is 0 Å². The third-order valence-corrected chi connectivity index (χ3v) is 0.566. The molecule has 0 saturated carbocycles. The van der Waals surface area contributed by atoms with Crippen LogP contribution in [-0.4, -0.2) is 0 Å². The predicted molar refractivity (Wildman–Crippen MR) is 26.9 cm³/mol. The van der Waals surface area contributed by atoms with E-state index in [4.69, 9.17) is 13.0 Å². The zero-order chi connectivity index (χ0) is 4.99. The Bertz CT molecular complexity index is 82.7. The van der Waals surface area contributed by atoms with Crippen LogP contribution in [0.3, 0.4) is 0 Å². The van der Waals surface area contributed by atoms with Gasteiger partial charge in [0.1, 0.15) is 0 Å². The summed E-state index contributed by atoms with van der Waals surface area (Å²) < 4.78 is 0. The van der Waals surface area contributed by atoms with Crippen LogP contribution in [-0.2, 0) is 0 Å². The van der Waals surface area contributed by atoms with Gasteiger partial charge in [-0.1, -0.05) is 12.8 Å². The molecule has 0 aromatic rings. The van der Waals surface area contributed by atoms with E-state index >= 15 is 0 Å². The fourth-order valence-electron chi connectivity index (χ4n) is 0.102. The lowest BCUT2D eigenvalue weighted by molar-refractivity contribution is 1.17. The Hall–Kier alpha value is -0.700. The van der Waals surface area contributed by atoms with Crippen molar-refractivity contribution in [3.63, 3.8) is 0 Å². The topological polar surface area (TPSA) is 0 Å². The van der Waals surface area contributed by atoms with Crippen molar-refractivity contribution in [2.45, 2.75) is 13.3 Å². The van der Waals surface area contributed by atoms with E-state index in [-0.39, 0.29) is 0 Å². The summed E-state index contributed by atoms with van der Waals surface area (Å²) in [4.78, 5) is 0. The third kappa shape index (κ3) is 1.60. The summed E-state index contributed by atoms with van der Waals surface area (Å²) in [5.41, 5.74) is 0.620. The SMILES string of the molecule is [CH]=C(C#C)CC. The number of hydrogen-bond acceptors (Lipinski definition) is 0. The second kappa shape index (κ2) is 2.53. The molecule has 0 heterocycles. The summed E-state index contributed by atoms with van der Waals surface area (Å²) in [6, 6.07) is 0. The van der Waals surface area contributed by atoms with Gasteiger partial charge in [-0.05, 0) is 13.0 Å². The van der Waals surface area contributed by atoms with Gasteiger partial charge in [-0.15, -0.1) is 6.42 Å². The summed E-state index contributed by atoms with van der Waals surface area (Å²) in [5.74, 6) is 2.31. The van der Waals surface area contributed by atoms with Crippen LogP contribution in [0.15, 0.2) is 5.57 Å². The summed E-state index contributed by atoms with van der Waals surface area (Å²) in [5, 5.41) is 0. The lowest BCUT2D eigenvalue weighted by Gasteiger charge is -1.79. The van der Waals surface area contributed by atoms with Crippen LogP contribution >= 0.6 is 0 Å². The van der Waals surface area contributed by atoms with Crippen LogP contribution in [0.2, 0.25) is 0 Å². The highest BCUT2D eigenvalue weighted by Gasteiger charge is 1.73. The molecule has 0 unspecified atom stereocenters. The van der Waals surface area contributed by atoms with Crippen LogP contribution in [0, 0.1) is 18.9 Å². The Morgan fingerprint density at radius 3 is 2.33 bits per heavy atom. The molecule has 0 aliphatic rings. The van der Waals surface area contributed by atoms with Gasteiger partial charge in [-0.2, -0.15) is 0 Å². The molecule has 0 spiro atoms. The van der Waals surface area contributed by atoms with Crippen molar-refractivity contribution in [1.82, 2.24) is 0 Å². The Balaban J connectivity index is 3.33. The third-order valence-electron chi connectivity index (χ3n) is 0.566. The minimum absolute atomic E-state index is 0.620. The van der Waals surface area contributed by atoms with Gasteiger partial charge in [0.25, 0.3) is 0 Å². The van der Waals surface area contributed by atoms with E-state index in [0.717, 1.165) is 6.42 Å². The first-order valence-corrected chi connectivity index (χ1v) is 1.89. The fourth-order valence-corrected chi connectivity index (χ4v) is 0.102. The molecule has 0 aliphatic carbocycles. The van der Waals surface area contributed by atoms with E-state index in [1.807, 2.05) is 6.92 Å². The molecule has 0 heteroatoms. The molecule has 0 amide bonds. The standard InChI is InChI=1S/C6H7/c1-4-6(3)5-2/h1,3H,5H2,2H3. The Morgan fingerprint density at radius 2 is 2.33 bits per heavy atom. The van der Waals surface area contributed by atoms with Gasteiger partial charge in [0.05, 0.1) is 0 Å². The summed E-state index contributed by atoms with van der Waals surface area (Å²) in [6.45, 7) is 7.08. The largest absolute Gasteiger partial charge is 0.115 e. The van der Waals surface area contributed by atoms with E-state index in [1.165, 1.54) is 0 Å². The van der Waals surface area contributed by atoms with Crippen molar-refractivity contribution in [3.8, 4) is 12.3 Å². The van der Waals surface area contributed by atoms with E-state index in [0.29, 0.717) is 5.57 Å². The normalized spacial score (nSPS) is 6.67. The first-order valence-electron chi connectivity index (χ1n) is 1.89. The summed E-state index contributed by atoms with van der Waals surface area (Å²) >= 11 is 0. The molecule has 0 N–H and O–H groups in total. The average molecular weight is 79.1 g/mol. The lowest BCUT2D eigenvalue weighted by Crippen LogP contribution is -1.64. The lowest BCUT2D eigenvalue weighted by atomic mass is 10.3. The maximum absolute atomic E-state index is 5.15. The minimum Gasteiger partial charge on any atom is -0.115 e. The number of hydrogen-bond donors (Lipinski definition) is 0. The van der Waals surface area contributed by atoms with Crippen molar-refractivity contribution in [1.29, 1.82) is 0 Å². The Morgan fingerprint density at radius 1 is 1.83 bits per heavy atom. The van der Waals surface area contributed by atoms with Gasteiger partial charge in [-0.25, -0.2) is 0 Å². The maximum Gasteiger partial charge on any atom is 0.00151 e. The van der Waals surface area contributed by atoms with Gasteiger partial charge < -0.3 is 0 Å². The van der Waals surface area contributed by atoms with Crippen molar-refractivity contribution in [2.75, 3.05) is 0 Å². The van der Waals surface area contributed by atoms with Crippen LogP contribution in [0.4, 0.5) is 0 Å². The molecular weight excluding hydrogens is 72.1 g/mol. The average Bonchev–Trinajstić information content (AvgIpc) is 1.65. The maximum atomic E-state index is 5.15. The van der Waals surface area contributed by atoms with E-state index in [1.54, 1.807) is 0 Å². The second-order valence-electron chi connectivity index (χ2n) is 1.02. The Labute approximate surface area is 38.9 Å². The highest BCUT2D eigenvalue weighted by molar-refractivity contribution is 5.18. The van der Waals surface area contributed by atoms with E-state index < -0.39 is 0 Å². The molecule has 31 valence electrons. The van der Waals surface area contributed by atoms with E-state index in [2.05, 4.69) is 5.92 Å². The van der Waals surface area contributed by atoms with Crippen molar-refractivity contribution in [3.05, 3.63) is 12.2 Å². The van der Waals surface area contributed by atoms with Crippen LogP contribution in [0.25, 0.3) is 0 Å². The zero-order valence-corrected chi connectivity index (χ0v) is 3.86. The molecule has 0 nitrogen and oxygen atoms in total. The molecule has 6 heavy (non-hydrogen) atoms. The van der Waals surface area contributed by atoms with E-state index in [9.17, 15) is 0 Å². The molecule has 0 aliphatic heterocycles. The highest BCUT2D eigenvalue weighted by atomic mass is 13.8. The first-order chi connectivity index (χ1) is 2.81. The quantitative estimate of drug-likeness (QED) is 0.416. The van der Waals surface area contributed by atoms with Crippen LogP contribution in [0.5, 0.6) is 0 Å². The molecule has 0 saturated heterocycles. The molecular formula is C6H7. The summed E-state index contributed by atoms with van der Waals surface area (Å²) in [7, 11) is 0. The molecule has 0 rings (SSSR count). The predicted octanol–water partition coefficient (Wildman–Crippen LogP) is 1.39. The minimum atomic E-state index is 0.620. The monoisotopic (exact) mass is 79.1 g/mol. The second-order valence-corrected chi connectivity index (χ2v) is 1.02. The zero-order valence-electron chi connectivity index (χ0n) is 3.86. The molecule has 0 bridgehead atoms. The highest BCUT2D eigenvalue weighted by Crippen LogP contribution is 1.88. The molecule has 1 radical (unpaired) electrons. The van der Waals surface area contributed by atoms with Crippen LogP contribution < -0.4 is 0 Å². The fraction of sp³-hybridized carbons (Fsp3) is 0.333. The van der Waals surface area contributed by atoms with Gasteiger partial charge in [0.15, 0.2) is 0 Å². The van der Waals surface area contributed by atoms with Gasteiger partial charge in [0, 0.05) is 5.57 Å². The Kier molecular flexibility index (Phi) is 2.24. The first kappa shape index (κ1) is 5.30. The van der Waals surface area contributed by atoms with Crippen LogP contribution in [0.1, 0.15) is 13.3 Å². The number of allylic oxidation sites excluding steroid dienone is 1. The molecule has 0 atom stereocenters. The van der Waals surface area contributed by atoms with Crippen molar-refractivity contribution in [2.24, 2.45) is 0 Å². The molecule has 0 aromatic heterocycles. The van der Waals surface area contributed by atoms with Crippen molar-refractivity contribution < 1.29 is 0 Å². The van der Waals surface area contributed by atoms with Gasteiger partial charge in [0.2, 0.25) is 0 Å². The number of terminal acetylenes is 1. The molecule has 0 fully saturated rings. The van der Waals surface area contributed by atoms with Gasteiger partial charge in [-0.3, -0.25) is 0 Å². The van der Waals surface area contributed by atoms with Crippen molar-refractivity contribution >= 4 is 0 Å².